The number of aldehydes is 1. The van der Waals surface area contributed by atoms with E-state index in [1.54, 1.807) is 18.3 Å². The lowest BCUT2D eigenvalue weighted by Gasteiger charge is -2.07. The van der Waals surface area contributed by atoms with Gasteiger partial charge in [-0.05, 0) is 37.3 Å². The normalized spacial score (nSPS) is 10.7. The molecular formula is C21H18N4O2. The molecule has 2 aromatic heterocycles. The number of rotatable bonds is 5. The first-order chi connectivity index (χ1) is 13.1. The topological polar surface area (TPSA) is 69.0 Å². The number of nitrogens with zero attached hydrogens (tertiary/aromatic N) is 3. The summed E-state index contributed by atoms with van der Waals surface area (Å²) >= 11 is 0. The number of nitrogens with one attached hydrogen (secondary N) is 1. The number of benzene rings is 2. The second-order valence-electron chi connectivity index (χ2n) is 6.27. The summed E-state index contributed by atoms with van der Waals surface area (Å²) < 4.78 is 7.84. The Hall–Kier alpha value is -3.67. The van der Waals surface area contributed by atoms with Crippen molar-refractivity contribution in [3.63, 3.8) is 0 Å². The van der Waals surface area contributed by atoms with Crippen LogP contribution in [0.25, 0.3) is 11.0 Å². The van der Waals surface area contributed by atoms with Crippen LogP contribution in [0.15, 0.2) is 60.8 Å². The van der Waals surface area contributed by atoms with Gasteiger partial charge in [-0.15, -0.1) is 0 Å². The molecule has 0 aliphatic rings. The van der Waals surface area contributed by atoms with E-state index in [1.165, 1.54) is 5.56 Å². The van der Waals surface area contributed by atoms with Crippen molar-refractivity contribution in [1.29, 1.82) is 0 Å². The van der Waals surface area contributed by atoms with Crippen molar-refractivity contribution in [3.8, 4) is 11.5 Å². The van der Waals surface area contributed by atoms with Gasteiger partial charge in [-0.25, -0.2) is 4.98 Å². The molecule has 0 saturated heterocycles. The van der Waals surface area contributed by atoms with E-state index in [0.717, 1.165) is 22.7 Å². The molecular weight excluding hydrogens is 340 g/mol. The quantitative estimate of drug-likeness (QED) is 0.527. The largest absolute Gasteiger partial charge is 0.457 e. The maximum atomic E-state index is 10.9. The molecule has 0 amide bonds. The summed E-state index contributed by atoms with van der Waals surface area (Å²) in [6.07, 6.45) is 2.24. The van der Waals surface area contributed by atoms with Crippen LogP contribution in [0, 0.1) is 6.92 Å². The minimum absolute atomic E-state index is 0.330. The standard InChI is InChI=1S/C21H18N4O2/c1-14-3-5-15(6-4-14)23-21-24-19-12-17(7-8-20(19)25(21)2)27-18-9-10-22-16(11-18)13-26/h3-13H,1-2H3,(H,23,24). The molecule has 4 rings (SSSR count). The van der Waals surface area contributed by atoms with Crippen LogP contribution in [0.4, 0.5) is 11.6 Å². The number of hydrogen-bond donors (Lipinski definition) is 1. The van der Waals surface area contributed by atoms with E-state index >= 15 is 0 Å². The van der Waals surface area contributed by atoms with E-state index in [9.17, 15) is 4.79 Å². The lowest BCUT2D eigenvalue weighted by molar-refractivity contribution is 0.111. The third-order valence-corrected chi connectivity index (χ3v) is 4.27. The van der Waals surface area contributed by atoms with E-state index in [1.807, 2.05) is 41.9 Å². The summed E-state index contributed by atoms with van der Waals surface area (Å²) in [6, 6.07) is 17.2. The average molecular weight is 358 g/mol. The number of pyridine rings is 1. The molecule has 0 aliphatic heterocycles. The number of carbonyl (C=O) groups is 1. The Morgan fingerprint density at radius 2 is 1.81 bits per heavy atom. The van der Waals surface area contributed by atoms with Gasteiger partial charge in [-0.2, -0.15) is 0 Å². The predicted octanol–water partition coefficient (Wildman–Crippen LogP) is 4.63. The number of aromatic nitrogens is 3. The second-order valence-corrected chi connectivity index (χ2v) is 6.27. The minimum atomic E-state index is 0.330. The van der Waals surface area contributed by atoms with Crippen molar-refractivity contribution in [1.82, 2.24) is 14.5 Å². The van der Waals surface area contributed by atoms with Crippen molar-refractivity contribution in [2.45, 2.75) is 6.92 Å². The van der Waals surface area contributed by atoms with Crippen LogP contribution in [0.5, 0.6) is 11.5 Å². The van der Waals surface area contributed by atoms with Crippen LogP contribution in [-0.2, 0) is 7.05 Å². The minimum Gasteiger partial charge on any atom is -0.457 e. The number of fused-ring (bicyclic) bond motifs is 1. The maximum absolute atomic E-state index is 10.9. The highest BCUT2D eigenvalue weighted by molar-refractivity contribution is 5.81. The first-order valence-corrected chi connectivity index (χ1v) is 8.51. The highest BCUT2D eigenvalue weighted by atomic mass is 16.5. The van der Waals surface area contributed by atoms with Crippen molar-refractivity contribution < 1.29 is 9.53 Å². The Morgan fingerprint density at radius 3 is 2.59 bits per heavy atom. The summed E-state index contributed by atoms with van der Waals surface area (Å²) in [5.74, 6) is 1.95. The Morgan fingerprint density at radius 1 is 1.04 bits per heavy atom. The molecule has 27 heavy (non-hydrogen) atoms. The molecule has 1 N–H and O–H groups in total. The van der Waals surface area contributed by atoms with Gasteiger partial charge in [-0.3, -0.25) is 9.78 Å². The Balaban J connectivity index is 1.62. The molecule has 0 radical (unpaired) electrons. The summed E-state index contributed by atoms with van der Waals surface area (Å²) in [5, 5.41) is 3.34. The number of anilines is 2. The molecule has 0 bridgehead atoms. The van der Waals surface area contributed by atoms with Crippen molar-refractivity contribution >= 4 is 29.0 Å². The van der Waals surface area contributed by atoms with Gasteiger partial charge in [0.25, 0.3) is 0 Å². The zero-order valence-corrected chi connectivity index (χ0v) is 15.0. The van der Waals surface area contributed by atoms with Crippen LogP contribution in [0.1, 0.15) is 16.1 Å². The first-order valence-electron chi connectivity index (χ1n) is 8.51. The second kappa shape index (κ2) is 6.92. The van der Waals surface area contributed by atoms with Gasteiger partial charge in [0.05, 0.1) is 11.0 Å². The van der Waals surface area contributed by atoms with E-state index in [-0.39, 0.29) is 0 Å². The van der Waals surface area contributed by atoms with Crippen LogP contribution < -0.4 is 10.1 Å². The van der Waals surface area contributed by atoms with Crippen molar-refractivity contribution in [3.05, 3.63) is 72.1 Å². The van der Waals surface area contributed by atoms with E-state index in [4.69, 9.17) is 4.74 Å². The fourth-order valence-electron chi connectivity index (χ4n) is 2.81. The lowest BCUT2D eigenvalue weighted by atomic mass is 10.2. The summed E-state index contributed by atoms with van der Waals surface area (Å²) in [5.41, 5.74) is 4.32. The zero-order valence-electron chi connectivity index (χ0n) is 15.0. The first kappa shape index (κ1) is 16.8. The molecule has 4 aromatic rings. The Bertz CT molecular complexity index is 1120. The Kier molecular flexibility index (Phi) is 4.30. The number of carbonyl (C=O) groups excluding carboxylic acids is 1. The molecule has 2 aromatic carbocycles. The van der Waals surface area contributed by atoms with Crippen LogP contribution in [0.2, 0.25) is 0 Å². The molecule has 6 heteroatoms. The van der Waals surface area contributed by atoms with Gasteiger partial charge < -0.3 is 14.6 Å². The predicted molar refractivity (Wildman–Crippen MR) is 105 cm³/mol. The summed E-state index contributed by atoms with van der Waals surface area (Å²) in [4.78, 5) is 19.5. The van der Waals surface area contributed by atoms with Crippen molar-refractivity contribution in [2.75, 3.05) is 5.32 Å². The number of ether oxygens (including phenoxy) is 1. The Labute approximate surface area is 156 Å². The third-order valence-electron chi connectivity index (χ3n) is 4.27. The molecule has 0 spiro atoms. The maximum Gasteiger partial charge on any atom is 0.208 e. The van der Waals surface area contributed by atoms with Gasteiger partial charge in [-0.1, -0.05) is 17.7 Å². The van der Waals surface area contributed by atoms with Crippen LogP contribution in [0.3, 0.4) is 0 Å². The smallest absolute Gasteiger partial charge is 0.208 e. The molecule has 0 saturated carbocycles. The van der Waals surface area contributed by atoms with Crippen molar-refractivity contribution in [2.24, 2.45) is 7.05 Å². The molecule has 134 valence electrons. The molecule has 0 fully saturated rings. The molecule has 2 heterocycles. The lowest BCUT2D eigenvalue weighted by Crippen LogP contribution is -1.98. The van der Waals surface area contributed by atoms with Gasteiger partial charge in [0, 0.05) is 31.1 Å². The molecule has 0 atom stereocenters. The van der Waals surface area contributed by atoms with Crippen LogP contribution in [-0.4, -0.2) is 20.8 Å². The molecule has 0 aliphatic carbocycles. The van der Waals surface area contributed by atoms with E-state index in [2.05, 4.69) is 34.3 Å². The van der Waals surface area contributed by atoms with Gasteiger partial charge in [0.2, 0.25) is 5.95 Å². The van der Waals surface area contributed by atoms with Crippen LogP contribution >= 0.6 is 0 Å². The summed E-state index contributed by atoms with van der Waals surface area (Å²) in [7, 11) is 1.96. The zero-order chi connectivity index (χ0) is 18.8. The number of aryl methyl sites for hydroxylation is 2. The summed E-state index contributed by atoms with van der Waals surface area (Å²) in [6.45, 7) is 2.06. The molecule has 6 nitrogen and oxygen atoms in total. The van der Waals surface area contributed by atoms with Gasteiger partial charge in [0.1, 0.15) is 17.2 Å². The monoisotopic (exact) mass is 358 g/mol. The number of imidazole rings is 1. The highest BCUT2D eigenvalue weighted by Crippen LogP contribution is 2.28. The highest BCUT2D eigenvalue weighted by Gasteiger charge is 2.10. The van der Waals surface area contributed by atoms with E-state index in [0.29, 0.717) is 23.5 Å². The molecule has 0 unspecified atom stereocenters. The third kappa shape index (κ3) is 3.50. The van der Waals surface area contributed by atoms with Gasteiger partial charge >= 0.3 is 0 Å². The fraction of sp³-hybridized carbons (Fsp3) is 0.0952. The SMILES string of the molecule is Cc1ccc(Nc2nc3cc(Oc4ccnc(C=O)c4)ccc3n2C)cc1. The average Bonchev–Trinajstić information content (AvgIpc) is 2.99. The fourth-order valence-corrected chi connectivity index (χ4v) is 2.81. The van der Waals surface area contributed by atoms with E-state index < -0.39 is 0 Å². The van der Waals surface area contributed by atoms with Gasteiger partial charge in [0.15, 0.2) is 6.29 Å². The number of hydrogen-bond acceptors (Lipinski definition) is 5.